The van der Waals surface area contributed by atoms with Crippen LogP contribution in [0.15, 0.2) is 16.7 Å². The molecule has 0 bridgehead atoms. The Kier molecular flexibility index (Phi) is 4.74. The summed E-state index contributed by atoms with van der Waals surface area (Å²) in [7, 11) is 1.71. The van der Waals surface area contributed by atoms with E-state index in [0.29, 0.717) is 12.5 Å². The smallest absolute Gasteiger partial charge is 0.213 e. The van der Waals surface area contributed by atoms with Gasteiger partial charge in [-0.3, -0.25) is 0 Å². The third-order valence-corrected chi connectivity index (χ3v) is 3.36. The summed E-state index contributed by atoms with van der Waals surface area (Å²) in [5.74, 6) is 0.660. The summed E-state index contributed by atoms with van der Waals surface area (Å²) in [6, 6.07) is 1.92. The van der Waals surface area contributed by atoms with Gasteiger partial charge < -0.3 is 9.47 Å². The van der Waals surface area contributed by atoms with Gasteiger partial charge in [0.05, 0.1) is 12.2 Å². The highest BCUT2D eigenvalue weighted by atomic mass is 79.9. The topological polar surface area (TPSA) is 31.4 Å². The van der Waals surface area contributed by atoms with Gasteiger partial charge in [-0.25, -0.2) is 4.98 Å². The number of aryl methyl sites for hydroxylation is 1. The van der Waals surface area contributed by atoms with Crippen LogP contribution in [0.5, 0.6) is 5.88 Å². The monoisotopic (exact) mass is 287 g/mol. The summed E-state index contributed by atoms with van der Waals surface area (Å²) >= 11 is 3.40. The highest BCUT2D eigenvalue weighted by Crippen LogP contribution is 2.19. The summed E-state index contributed by atoms with van der Waals surface area (Å²) in [6.45, 7) is 6.69. The predicted molar refractivity (Wildman–Crippen MR) is 67.9 cm³/mol. The van der Waals surface area contributed by atoms with Crippen LogP contribution in [0.4, 0.5) is 0 Å². The fourth-order valence-electron chi connectivity index (χ4n) is 1.10. The Morgan fingerprint density at radius 1 is 1.44 bits per heavy atom. The fraction of sp³-hybridized carbons (Fsp3) is 0.583. The Hall–Kier alpha value is -0.610. The number of nitrogens with zero attached hydrogens (tertiary/aromatic N) is 1. The molecular weight excluding hydrogens is 270 g/mol. The summed E-state index contributed by atoms with van der Waals surface area (Å²) in [5.41, 5.74) is 0.973. The van der Waals surface area contributed by atoms with Crippen LogP contribution in [0.1, 0.15) is 25.8 Å². The lowest BCUT2D eigenvalue weighted by Crippen LogP contribution is -2.25. The zero-order valence-electron chi connectivity index (χ0n) is 10.2. The number of halogens is 1. The minimum Gasteiger partial charge on any atom is -0.478 e. The van der Waals surface area contributed by atoms with Crippen molar-refractivity contribution in [1.29, 1.82) is 0 Å². The second kappa shape index (κ2) is 5.64. The van der Waals surface area contributed by atoms with Crippen LogP contribution in [-0.4, -0.2) is 24.3 Å². The normalized spacial score (nSPS) is 11.6. The Bertz CT molecular complexity index is 353. The first-order chi connectivity index (χ1) is 7.44. The van der Waals surface area contributed by atoms with Gasteiger partial charge in [-0.05, 0) is 42.3 Å². The summed E-state index contributed by atoms with van der Waals surface area (Å²) < 4.78 is 11.9. The maximum absolute atomic E-state index is 5.57. The Balaban J connectivity index is 2.46. The van der Waals surface area contributed by atoms with Gasteiger partial charge >= 0.3 is 0 Å². The quantitative estimate of drug-likeness (QED) is 0.832. The molecule has 1 aromatic rings. The number of rotatable bonds is 5. The third-order valence-electron chi connectivity index (χ3n) is 2.53. The van der Waals surface area contributed by atoms with E-state index in [1.165, 1.54) is 0 Å². The van der Waals surface area contributed by atoms with Gasteiger partial charge in [-0.2, -0.15) is 0 Å². The van der Waals surface area contributed by atoms with E-state index in [4.69, 9.17) is 9.47 Å². The van der Waals surface area contributed by atoms with Gasteiger partial charge in [0.15, 0.2) is 0 Å². The SMILES string of the molecule is COC(C)(C)CCOc1cc(C)c(Br)cn1. The van der Waals surface area contributed by atoms with Crippen LogP contribution in [0.2, 0.25) is 0 Å². The van der Waals surface area contributed by atoms with Crippen molar-refractivity contribution < 1.29 is 9.47 Å². The molecule has 0 fully saturated rings. The average molecular weight is 288 g/mol. The number of hydrogen-bond acceptors (Lipinski definition) is 3. The number of pyridine rings is 1. The molecule has 0 aromatic carbocycles. The highest BCUT2D eigenvalue weighted by Gasteiger charge is 2.16. The zero-order valence-corrected chi connectivity index (χ0v) is 11.8. The molecular formula is C12H18BrNO2. The fourth-order valence-corrected chi connectivity index (χ4v) is 1.31. The second-order valence-corrected chi connectivity index (χ2v) is 5.19. The third kappa shape index (κ3) is 4.10. The first-order valence-corrected chi connectivity index (χ1v) is 6.04. The molecule has 1 rings (SSSR count). The van der Waals surface area contributed by atoms with Gasteiger partial charge in [0.25, 0.3) is 0 Å². The highest BCUT2D eigenvalue weighted by molar-refractivity contribution is 9.10. The molecule has 0 unspecified atom stereocenters. The van der Waals surface area contributed by atoms with Crippen molar-refractivity contribution in [1.82, 2.24) is 4.98 Å². The molecule has 0 amide bonds. The molecule has 0 aliphatic heterocycles. The van der Waals surface area contributed by atoms with E-state index >= 15 is 0 Å². The molecule has 1 aromatic heterocycles. The summed E-state index contributed by atoms with van der Waals surface area (Å²) in [6.07, 6.45) is 2.59. The van der Waals surface area contributed by atoms with E-state index in [1.807, 2.05) is 26.8 Å². The summed E-state index contributed by atoms with van der Waals surface area (Å²) in [4.78, 5) is 4.17. The maximum atomic E-state index is 5.57. The van der Waals surface area contributed by atoms with Gasteiger partial charge in [-0.15, -0.1) is 0 Å². The Morgan fingerprint density at radius 3 is 2.69 bits per heavy atom. The van der Waals surface area contributed by atoms with Crippen molar-refractivity contribution in [2.45, 2.75) is 32.8 Å². The first-order valence-electron chi connectivity index (χ1n) is 5.25. The van der Waals surface area contributed by atoms with Gasteiger partial charge in [0.1, 0.15) is 0 Å². The predicted octanol–water partition coefficient (Wildman–Crippen LogP) is 3.35. The van der Waals surface area contributed by atoms with Crippen LogP contribution in [-0.2, 0) is 4.74 Å². The number of methoxy groups -OCH3 is 1. The van der Waals surface area contributed by atoms with Crippen LogP contribution in [0.25, 0.3) is 0 Å². The Morgan fingerprint density at radius 2 is 2.12 bits per heavy atom. The van der Waals surface area contributed by atoms with Crippen molar-refractivity contribution in [3.8, 4) is 5.88 Å². The van der Waals surface area contributed by atoms with Gasteiger partial charge in [0, 0.05) is 30.3 Å². The lowest BCUT2D eigenvalue weighted by molar-refractivity contribution is 0.00508. The lowest BCUT2D eigenvalue weighted by atomic mass is 10.1. The molecule has 4 heteroatoms. The van der Waals surface area contributed by atoms with Crippen molar-refractivity contribution in [2.24, 2.45) is 0 Å². The summed E-state index contributed by atoms with van der Waals surface area (Å²) in [5, 5.41) is 0. The molecule has 0 saturated carbocycles. The van der Waals surface area contributed by atoms with Gasteiger partial charge in [-0.1, -0.05) is 0 Å². The maximum Gasteiger partial charge on any atom is 0.213 e. The molecule has 0 spiro atoms. The van der Waals surface area contributed by atoms with E-state index < -0.39 is 0 Å². The van der Waals surface area contributed by atoms with E-state index in [1.54, 1.807) is 13.3 Å². The first kappa shape index (κ1) is 13.5. The van der Waals surface area contributed by atoms with E-state index in [2.05, 4.69) is 20.9 Å². The molecule has 0 saturated heterocycles. The molecule has 0 aliphatic carbocycles. The molecule has 3 nitrogen and oxygen atoms in total. The van der Waals surface area contributed by atoms with Crippen molar-refractivity contribution in [3.63, 3.8) is 0 Å². The van der Waals surface area contributed by atoms with E-state index in [9.17, 15) is 0 Å². The lowest BCUT2D eigenvalue weighted by Gasteiger charge is -2.22. The number of hydrogen-bond donors (Lipinski definition) is 0. The van der Waals surface area contributed by atoms with Crippen LogP contribution < -0.4 is 4.74 Å². The standard InChI is InChI=1S/C12H18BrNO2/c1-9-7-11(14-8-10(9)13)16-6-5-12(2,3)15-4/h7-8H,5-6H2,1-4H3. The minimum absolute atomic E-state index is 0.148. The molecule has 90 valence electrons. The van der Waals surface area contributed by atoms with Crippen LogP contribution in [0.3, 0.4) is 0 Å². The Labute approximate surface area is 105 Å². The average Bonchev–Trinajstić information content (AvgIpc) is 2.23. The van der Waals surface area contributed by atoms with Gasteiger partial charge in [0.2, 0.25) is 5.88 Å². The van der Waals surface area contributed by atoms with E-state index in [-0.39, 0.29) is 5.60 Å². The second-order valence-electron chi connectivity index (χ2n) is 4.33. The molecule has 0 radical (unpaired) electrons. The number of aromatic nitrogens is 1. The molecule has 0 aliphatic rings. The van der Waals surface area contributed by atoms with E-state index in [0.717, 1.165) is 16.5 Å². The van der Waals surface area contributed by atoms with Crippen molar-refractivity contribution >= 4 is 15.9 Å². The molecule has 0 N–H and O–H groups in total. The van der Waals surface area contributed by atoms with Crippen molar-refractivity contribution in [3.05, 3.63) is 22.3 Å². The largest absolute Gasteiger partial charge is 0.478 e. The van der Waals surface area contributed by atoms with Crippen LogP contribution in [0, 0.1) is 6.92 Å². The molecule has 16 heavy (non-hydrogen) atoms. The molecule has 0 atom stereocenters. The van der Waals surface area contributed by atoms with Crippen LogP contribution >= 0.6 is 15.9 Å². The molecule has 1 heterocycles. The number of ether oxygens (including phenoxy) is 2. The minimum atomic E-state index is -0.148. The van der Waals surface area contributed by atoms with Crippen molar-refractivity contribution in [2.75, 3.05) is 13.7 Å². The zero-order chi connectivity index (χ0) is 12.2.